The monoisotopic (exact) mass is 564 g/mol. The summed E-state index contributed by atoms with van der Waals surface area (Å²) in [4.78, 5) is 41.1. The molecule has 1 heterocycles. The third kappa shape index (κ3) is 11.3. The molecule has 2 aromatic rings. The molecule has 17 heteroatoms. The van der Waals surface area contributed by atoms with Gasteiger partial charge < -0.3 is 21.6 Å². The number of alkyl halides is 3. The van der Waals surface area contributed by atoms with Crippen molar-refractivity contribution >= 4 is 33.5 Å². The number of aryl methyl sites for hydroxylation is 1. The molecule has 1 aromatic heterocycles. The highest BCUT2D eigenvalue weighted by atomic mass is 32.2. The summed E-state index contributed by atoms with van der Waals surface area (Å²) < 4.78 is 59.4. The first-order valence-corrected chi connectivity index (χ1v) is 12.3. The fourth-order valence-corrected chi connectivity index (χ4v) is 4.24. The van der Waals surface area contributed by atoms with E-state index in [1.54, 1.807) is 37.3 Å². The van der Waals surface area contributed by atoms with Gasteiger partial charge in [-0.2, -0.15) is 13.2 Å². The molecule has 38 heavy (non-hydrogen) atoms. The lowest BCUT2D eigenvalue weighted by Crippen LogP contribution is -2.31. The molecule has 0 fully saturated rings. The Morgan fingerprint density at radius 2 is 1.79 bits per heavy atom. The predicted molar refractivity (Wildman–Crippen MR) is 130 cm³/mol. The molecule has 0 saturated carbocycles. The Labute approximate surface area is 214 Å². The Kier molecular flexibility index (Phi) is 11.7. The first-order chi connectivity index (χ1) is 17.5. The Morgan fingerprint density at radius 1 is 1.21 bits per heavy atom. The summed E-state index contributed by atoms with van der Waals surface area (Å²) in [6, 6.07) is 10.0. The number of hydroxylamine groups is 1. The van der Waals surface area contributed by atoms with E-state index in [4.69, 9.17) is 31.6 Å². The third-order valence-corrected chi connectivity index (χ3v) is 5.77. The fraction of sp³-hybridized carbons (Fsp3) is 0.333. The van der Waals surface area contributed by atoms with Crippen LogP contribution >= 0.6 is 0 Å². The molecule has 1 amide bonds. The van der Waals surface area contributed by atoms with Crippen molar-refractivity contribution in [3.8, 4) is 0 Å². The van der Waals surface area contributed by atoms with Gasteiger partial charge in [0.25, 0.3) is 5.56 Å². The van der Waals surface area contributed by atoms with Gasteiger partial charge in [-0.1, -0.05) is 30.3 Å². The number of rotatable bonds is 11. The molecular weight excluding hydrogens is 537 g/mol. The van der Waals surface area contributed by atoms with E-state index in [-0.39, 0.29) is 36.0 Å². The maximum atomic E-state index is 12.7. The number of aromatic amines is 1. The SMILES string of the molecule is Cc1cc(C(CCCONC(=N)N)C(N)=O)c(NS(=O)(=O)Cc2ccccc2)c(=O)[nH]1.O=C(O)C(F)(F)F. The van der Waals surface area contributed by atoms with E-state index < -0.39 is 39.6 Å². The van der Waals surface area contributed by atoms with E-state index in [1.165, 1.54) is 6.07 Å². The van der Waals surface area contributed by atoms with Gasteiger partial charge in [0.2, 0.25) is 21.9 Å². The lowest BCUT2D eigenvalue weighted by atomic mass is 9.92. The minimum absolute atomic E-state index is 0.112. The van der Waals surface area contributed by atoms with Gasteiger partial charge in [-0.25, -0.2) is 18.7 Å². The third-order valence-electron chi connectivity index (χ3n) is 4.54. The maximum Gasteiger partial charge on any atom is 0.490 e. The molecule has 0 aliphatic rings. The van der Waals surface area contributed by atoms with E-state index in [0.29, 0.717) is 17.7 Å². The van der Waals surface area contributed by atoms with Crippen LogP contribution in [0.1, 0.15) is 35.6 Å². The molecule has 1 aromatic carbocycles. The number of pyridine rings is 1. The molecule has 0 bridgehead atoms. The Morgan fingerprint density at radius 3 is 2.29 bits per heavy atom. The number of carbonyl (C=O) groups excluding carboxylic acids is 1. The van der Waals surface area contributed by atoms with E-state index >= 15 is 0 Å². The highest BCUT2D eigenvalue weighted by Crippen LogP contribution is 2.27. The zero-order valence-electron chi connectivity index (χ0n) is 20.0. The number of carboxylic acids is 1. The van der Waals surface area contributed by atoms with Crippen LogP contribution in [-0.2, 0) is 30.2 Å². The molecule has 0 spiro atoms. The molecule has 0 radical (unpaired) electrons. The first-order valence-electron chi connectivity index (χ1n) is 10.6. The molecule has 210 valence electrons. The Hall–Kier alpha value is -4.12. The normalized spacial score (nSPS) is 12.0. The van der Waals surface area contributed by atoms with Crippen LogP contribution in [0.4, 0.5) is 18.9 Å². The maximum absolute atomic E-state index is 12.7. The first kappa shape index (κ1) is 31.9. The number of sulfonamides is 1. The van der Waals surface area contributed by atoms with Gasteiger partial charge in [0, 0.05) is 5.69 Å². The number of halogens is 3. The van der Waals surface area contributed by atoms with Crippen LogP contribution in [0.2, 0.25) is 0 Å². The minimum atomic E-state index is -5.08. The fourth-order valence-electron chi connectivity index (χ4n) is 3.02. The summed E-state index contributed by atoms with van der Waals surface area (Å²) >= 11 is 0. The lowest BCUT2D eigenvalue weighted by Gasteiger charge is -2.19. The number of H-pyrrole nitrogens is 1. The van der Waals surface area contributed by atoms with Gasteiger partial charge in [0.15, 0.2) is 0 Å². The number of hydrogen-bond acceptors (Lipinski definition) is 7. The zero-order chi connectivity index (χ0) is 29.1. The number of nitrogens with two attached hydrogens (primary N) is 2. The standard InChI is InChI=1S/C19H26N6O5S.C2HF3O2/c1-12-10-15(14(17(20)26)8-5-9-30-24-19(21)22)16(18(27)23-12)25-31(28,29)11-13-6-3-2-4-7-13;3-2(4,5)1(6)7/h2-4,6-7,10,14,25H,5,8-9,11H2,1H3,(H2,20,26)(H,23,27)(H4,21,22,24);(H,6,7). The minimum Gasteiger partial charge on any atom is -0.475 e. The predicted octanol–water partition coefficient (Wildman–Crippen LogP) is 1.02. The average molecular weight is 565 g/mol. The van der Waals surface area contributed by atoms with Gasteiger partial charge in [0.05, 0.1) is 18.3 Å². The van der Waals surface area contributed by atoms with Crippen molar-refractivity contribution in [2.75, 3.05) is 11.3 Å². The van der Waals surface area contributed by atoms with E-state index in [9.17, 15) is 31.2 Å². The van der Waals surface area contributed by atoms with Gasteiger partial charge in [-0.05, 0) is 37.0 Å². The second kappa shape index (κ2) is 14.0. The van der Waals surface area contributed by atoms with Crippen LogP contribution in [0, 0.1) is 12.3 Å². The summed E-state index contributed by atoms with van der Waals surface area (Å²) in [6.07, 6.45) is -4.57. The molecule has 9 N–H and O–H groups in total. The topological polar surface area (TPSA) is 231 Å². The highest BCUT2D eigenvalue weighted by molar-refractivity contribution is 7.91. The largest absolute Gasteiger partial charge is 0.490 e. The van der Waals surface area contributed by atoms with E-state index in [0.717, 1.165) is 0 Å². The number of amides is 1. The summed E-state index contributed by atoms with van der Waals surface area (Å²) in [5.41, 5.74) is 13.1. The number of nitrogens with one attached hydrogen (secondary N) is 4. The van der Waals surface area contributed by atoms with Crippen molar-refractivity contribution in [2.45, 2.75) is 37.6 Å². The molecule has 13 nitrogen and oxygen atoms in total. The van der Waals surface area contributed by atoms with Crippen molar-refractivity contribution < 1.29 is 41.1 Å². The number of aromatic nitrogens is 1. The summed E-state index contributed by atoms with van der Waals surface area (Å²) in [6.45, 7) is 1.73. The quantitative estimate of drug-likeness (QED) is 0.0892. The van der Waals surface area contributed by atoms with E-state index in [2.05, 4.69) is 15.2 Å². The molecule has 0 aliphatic carbocycles. The van der Waals surface area contributed by atoms with Gasteiger partial charge in [-0.3, -0.25) is 24.6 Å². The number of hydrogen-bond donors (Lipinski definition) is 7. The van der Waals surface area contributed by atoms with Crippen LogP contribution in [0.3, 0.4) is 0 Å². The van der Waals surface area contributed by atoms with Gasteiger partial charge in [-0.15, -0.1) is 0 Å². The highest BCUT2D eigenvalue weighted by Gasteiger charge is 2.38. The zero-order valence-corrected chi connectivity index (χ0v) is 20.8. The van der Waals surface area contributed by atoms with Crippen LogP contribution in [0.5, 0.6) is 0 Å². The van der Waals surface area contributed by atoms with Gasteiger partial charge in [0.1, 0.15) is 5.69 Å². The number of carboxylic acid groups (broad SMARTS) is 1. The van der Waals surface area contributed by atoms with E-state index in [1.807, 2.05) is 0 Å². The van der Waals surface area contributed by atoms with Crippen LogP contribution in [-0.4, -0.2) is 49.1 Å². The molecule has 0 saturated heterocycles. The molecule has 1 atom stereocenters. The summed E-state index contributed by atoms with van der Waals surface area (Å²) in [7, 11) is -3.94. The smallest absolute Gasteiger partial charge is 0.475 e. The number of benzene rings is 1. The van der Waals surface area contributed by atoms with Crippen LogP contribution in [0.25, 0.3) is 0 Å². The second-order valence-corrected chi connectivity index (χ2v) is 9.45. The second-order valence-electron chi connectivity index (χ2n) is 7.72. The summed E-state index contributed by atoms with van der Waals surface area (Å²) in [5.74, 6) is -5.12. The molecule has 1 unspecified atom stereocenters. The van der Waals surface area contributed by atoms with Crippen LogP contribution in [0.15, 0.2) is 41.2 Å². The van der Waals surface area contributed by atoms with Crippen molar-refractivity contribution in [3.05, 3.63) is 63.6 Å². The molecule has 0 aliphatic heterocycles. The number of aliphatic carboxylic acids is 1. The van der Waals surface area contributed by atoms with Crippen molar-refractivity contribution in [1.29, 1.82) is 5.41 Å². The number of carbonyl (C=O) groups is 2. The van der Waals surface area contributed by atoms with Crippen molar-refractivity contribution in [2.24, 2.45) is 11.5 Å². The Balaban J connectivity index is 0.000000905. The van der Waals surface area contributed by atoms with Gasteiger partial charge >= 0.3 is 12.1 Å². The average Bonchev–Trinajstić information content (AvgIpc) is 2.77. The molecular formula is C21H27F3N6O7S. The van der Waals surface area contributed by atoms with Crippen molar-refractivity contribution in [1.82, 2.24) is 10.5 Å². The summed E-state index contributed by atoms with van der Waals surface area (Å²) in [5, 5.41) is 14.1. The number of guanidine groups is 1. The van der Waals surface area contributed by atoms with Crippen molar-refractivity contribution in [3.63, 3.8) is 0 Å². The molecule has 2 rings (SSSR count). The number of primary amides is 1. The Bertz CT molecular complexity index is 1280. The lowest BCUT2D eigenvalue weighted by molar-refractivity contribution is -0.192. The van der Waals surface area contributed by atoms with Crippen LogP contribution < -0.4 is 27.2 Å². The number of anilines is 1.